The Hall–Kier alpha value is -3.19. The summed E-state index contributed by atoms with van der Waals surface area (Å²) >= 11 is 1.44. The van der Waals surface area contributed by atoms with Crippen molar-refractivity contribution in [2.45, 2.75) is 6.42 Å². The third-order valence-electron chi connectivity index (χ3n) is 3.62. The molecule has 1 aromatic heterocycles. The minimum atomic E-state index is -0.499. The van der Waals surface area contributed by atoms with Crippen molar-refractivity contribution >= 4 is 28.9 Å². The SMILES string of the molecule is COc1cccc(-c2nc(CC(=O)OCC(=O)Nc3ccccc3)cs2)c1. The molecule has 3 rings (SSSR count). The van der Waals surface area contributed by atoms with E-state index in [1.54, 1.807) is 24.6 Å². The Balaban J connectivity index is 1.51. The van der Waals surface area contributed by atoms with Crippen LogP contribution in [0.4, 0.5) is 5.69 Å². The molecule has 0 radical (unpaired) electrons. The largest absolute Gasteiger partial charge is 0.497 e. The molecule has 2 aromatic carbocycles. The van der Waals surface area contributed by atoms with Gasteiger partial charge < -0.3 is 14.8 Å². The number of ether oxygens (including phenoxy) is 2. The van der Waals surface area contributed by atoms with Crippen LogP contribution in [0.2, 0.25) is 0 Å². The number of nitrogens with one attached hydrogen (secondary N) is 1. The molecule has 6 nitrogen and oxygen atoms in total. The first kappa shape index (κ1) is 18.6. The second kappa shape index (κ2) is 8.95. The number of esters is 1. The number of thiazole rings is 1. The molecule has 0 saturated heterocycles. The highest BCUT2D eigenvalue weighted by Crippen LogP contribution is 2.27. The van der Waals surface area contributed by atoms with E-state index >= 15 is 0 Å². The van der Waals surface area contributed by atoms with Crippen molar-refractivity contribution in [1.29, 1.82) is 0 Å². The Morgan fingerprint density at radius 3 is 2.70 bits per heavy atom. The molecule has 7 heteroatoms. The quantitative estimate of drug-likeness (QED) is 0.633. The molecule has 0 aliphatic heterocycles. The average molecular weight is 382 g/mol. The van der Waals surface area contributed by atoms with Gasteiger partial charge in [0.25, 0.3) is 5.91 Å². The van der Waals surface area contributed by atoms with E-state index in [1.165, 1.54) is 11.3 Å². The fraction of sp³-hybridized carbons (Fsp3) is 0.150. The lowest BCUT2D eigenvalue weighted by Crippen LogP contribution is -2.21. The summed E-state index contributed by atoms with van der Waals surface area (Å²) in [6.07, 6.45) is 0.0130. The van der Waals surface area contributed by atoms with E-state index in [0.717, 1.165) is 16.3 Å². The van der Waals surface area contributed by atoms with Gasteiger partial charge in [0.1, 0.15) is 10.8 Å². The molecule has 0 spiro atoms. The highest BCUT2D eigenvalue weighted by atomic mass is 32.1. The van der Waals surface area contributed by atoms with Crippen LogP contribution >= 0.6 is 11.3 Å². The van der Waals surface area contributed by atoms with Crippen LogP contribution in [-0.2, 0) is 20.7 Å². The van der Waals surface area contributed by atoms with E-state index in [4.69, 9.17) is 9.47 Å². The Morgan fingerprint density at radius 1 is 1.11 bits per heavy atom. The summed E-state index contributed by atoms with van der Waals surface area (Å²) in [6, 6.07) is 16.5. The Morgan fingerprint density at radius 2 is 1.93 bits per heavy atom. The van der Waals surface area contributed by atoms with Gasteiger partial charge in [-0.05, 0) is 24.3 Å². The number of aromatic nitrogens is 1. The van der Waals surface area contributed by atoms with Crippen LogP contribution in [0.1, 0.15) is 5.69 Å². The van der Waals surface area contributed by atoms with Gasteiger partial charge in [-0.2, -0.15) is 0 Å². The molecular formula is C20H18N2O4S. The summed E-state index contributed by atoms with van der Waals surface area (Å²) in [5, 5.41) is 5.25. The van der Waals surface area contributed by atoms with Crippen molar-refractivity contribution < 1.29 is 19.1 Å². The molecule has 3 aromatic rings. The standard InChI is InChI=1S/C20H18N2O4S/c1-25-17-9-5-6-14(10-17)20-22-16(13-27-20)11-19(24)26-12-18(23)21-15-7-3-2-4-8-15/h2-10,13H,11-12H2,1H3,(H,21,23). The Kier molecular flexibility index (Phi) is 6.17. The van der Waals surface area contributed by atoms with Crippen LogP contribution in [-0.4, -0.2) is 30.6 Å². The summed E-state index contributed by atoms with van der Waals surface area (Å²) in [4.78, 5) is 28.2. The zero-order valence-corrected chi connectivity index (χ0v) is 15.5. The van der Waals surface area contributed by atoms with Crippen LogP contribution in [0.25, 0.3) is 10.6 Å². The predicted octanol–water partition coefficient (Wildman–Crippen LogP) is 3.54. The predicted molar refractivity (Wildman–Crippen MR) is 104 cm³/mol. The van der Waals surface area contributed by atoms with Crippen molar-refractivity contribution in [3.05, 3.63) is 65.7 Å². The second-order valence-electron chi connectivity index (χ2n) is 5.63. The van der Waals surface area contributed by atoms with Crippen molar-refractivity contribution in [1.82, 2.24) is 4.98 Å². The molecule has 1 heterocycles. The molecule has 1 N–H and O–H groups in total. The Labute approximate surface area is 160 Å². The maximum Gasteiger partial charge on any atom is 0.312 e. The number of benzene rings is 2. The first-order valence-electron chi connectivity index (χ1n) is 8.23. The number of methoxy groups -OCH3 is 1. The summed E-state index contributed by atoms with van der Waals surface area (Å²) in [5.41, 5.74) is 2.17. The summed E-state index contributed by atoms with van der Waals surface area (Å²) in [7, 11) is 1.61. The number of nitrogens with zero attached hydrogens (tertiary/aromatic N) is 1. The number of para-hydroxylation sites is 1. The van der Waals surface area contributed by atoms with E-state index in [9.17, 15) is 9.59 Å². The van der Waals surface area contributed by atoms with Gasteiger partial charge in [0, 0.05) is 16.6 Å². The van der Waals surface area contributed by atoms with Gasteiger partial charge in [0.2, 0.25) is 0 Å². The van der Waals surface area contributed by atoms with E-state index < -0.39 is 5.97 Å². The van der Waals surface area contributed by atoms with Crippen molar-refractivity contribution in [3.63, 3.8) is 0 Å². The molecule has 0 unspecified atom stereocenters. The van der Waals surface area contributed by atoms with Gasteiger partial charge >= 0.3 is 5.97 Å². The fourth-order valence-corrected chi connectivity index (χ4v) is 3.16. The van der Waals surface area contributed by atoms with Crippen LogP contribution in [0.5, 0.6) is 5.75 Å². The van der Waals surface area contributed by atoms with E-state index in [1.807, 2.05) is 42.5 Å². The number of anilines is 1. The summed E-state index contributed by atoms with van der Waals surface area (Å²) < 4.78 is 10.2. The van der Waals surface area contributed by atoms with Crippen LogP contribution < -0.4 is 10.1 Å². The number of carbonyl (C=O) groups excluding carboxylic acids is 2. The number of hydrogen-bond acceptors (Lipinski definition) is 6. The molecule has 0 bridgehead atoms. The number of carbonyl (C=O) groups is 2. The van der Waals surface area contributed by atoms with Gasteiger partial charge in [-0.15, -0.1) is 11.3 Å². The molecule has 27 heavy (non-hydrogen) atoms. The van der Waals surface area contributed by atoms with E-state index in [-0.39, 0.29) is 18.9 Å². The summed E-state index contributed by atoms with van der Waals surface area (Å²) in [6.45, 7) is -0.333. The maximum atomic E-state index is 12.0. The lowest BCUT2D eigenvalue weighted by Gasteiger charge is -2.05. The van der Waals surface area contributed by atoms with Gasteiger partial charge in [0.15, 0.2) is 6.61 Å². The molecule has 1 amide bonds. The summed E-state index contributed by atoms with van der Waals surface area (Å²) in [5.74, 6) is -0.140. The normalized spacial score (nSPS) is 10.3. The first-order chi connectivity index (χ1) is 13.1. The minimum Gasteiger partial charge on any atom is -0.497 e. The molecule has 138 valence electrons. The molecule has 0 aliphatic carbocycles. The molecular weight excluding hydrogens is 364 g/mol. The third kappa shape index (κ3) is 5.39. The third-order valence-corrected chi connectivity index (χ3v) is 4.56. The number of amides is 1. The lowest BCUT2D eigenvalue weighted by atomic mass is 10.2. The molecule has 0 saturated carbocycles. The molecule has 0 aliphatic rings. The topological polar surface area (TPSA) is 77.5 Å². The van der Waals surface area contributed by atoms with Crippen molar-refractivity contribution in [2.24, 2.45) is 0 Å². The highest BCUT2D eigenvalue weighted by Gasteiger charge is 2.12. The zero-order valence-electron chi connectivity index (χ0n) is 14.7. The minimum absolute atomic E-state index is 0.0130. The Bertz CT molecular complexity index is 924. The van der Waals surface area contributed by atoms with Gasteiger partial charge in [0.05, 0.1) is 19.2 Å². The highest BCUT2D eigenvalue weighted by molar-refractivity contribution is 7.13. The van der Waals surface area contributed by atoms with Crippen molar-refractivity contribution in [3.8, 4) is 16.3 Å². The van der Waals surface area contributed by atoms with Crippen molar-refractivity contribution in [2.75, 3.05) is 19.0 Å². The lowest BCUT2D eigenvalue weighted by molar-refractivity contribution is -0.146. The zero-order chi connectivity index (χ0) is 19.1. The number of rotatable bonds is 7. The van der Waals surface area contributed by atoms with Gasteiger partial charge in [-0.3, -0.25) is 9.59 Å². The first-order valence-corrected chi connectivity index (χ1v) is 9.11. The number of hydrogen-bond donors (Lipinski definition) is 1. The maximum absolute atomic E-state index is 12.0. The van der Waals surface area contributed by atoms with Gasteiger partial charge in [-0.1, -0.05) is 30.3 Å². The second-order valence-corrected chi connectivity index (χ2v) is 6.49. The molecule has 0 fully saturated rings. The van der Waals surface area contributed by atoms with Crippen LogP contribution in [0.3, 0.4) is 0 Å². The average Bonchev–Trinajstić information content (AvgIpc) is 3.16. The molecule has 0 atom stereocenters. The monoisotopic (exact) mass is 382 g/mol. The smallest absolute Gasteiger partial charge is 0.312 e. The van der Waals surface area contributed by atoms with Crippen LogP contribution in [0.15, 0.2) is 60.0 Å². The van der Waals surface area contributed by atoms with Gasteiger partial charge in [-0.25, -0.2) is 4.98 Å². The van der Waals surface area contributed by atoms with Crippen LogP contribution in [0, 0.1) is 0 Å². The van der Waals surface area contributed by atoms with E-state index in [2.05, 4.69) is 10.3 Å². The fourth-order valence-electron chi connectivity index (χ4n) is 2.34. The van der Waals surface area contributed by atoms with E-state index in [0.29, 0.717) is 11.4 Å².